The number of carbonyl (C=O) groups is 2. The second-order valence-electron chi connectivity index (χ2n) is 13.8. The average molecular weight is 943 g/mol. The number of hydrogen-bond acceptors (Lipinski definition) is 8. The first-order chi connectivity index (χ1) is 24.1. The first-order valence-electron chi connectivity index (χ1n) is 17.4. The number of halogens is 2. The standard InChI is InChI=1S/C40H52N2O8.2HI/c1-41(27-31-10-7-6-8-11-31)21-23-48-34(28-41)29-50-40(44)17-16-39(43)49-22-9-19-42(2)20-18-32-25-37(46-4)38(47-5)26-35(32)36(42)24-30-12-14-33(45-3)15-13-30;;/h6-8,10-17,25-26,34,36H,9,18-24,27-29H2,1-5H3;2*1H/q+2;;/p-2. The van der Waals surface area contributed by atoms with E-state index in [9.17, 15) is 9.59 Å². The molecule has 2 aliphatic heterocycles. The van der Waals surface area contributed by atoms with E-state index in [1.165, 1.54) is 22.3 Å². The first-order valence-corrected chi connectivity index (χ1v) is 17.4. The molecule has 5 rings (SSSR count). The van der Waals surface area contributed by atoms with Crippen LogP contribution >= 0.6 is 0 Å². The fourth-order valence-corrected chi connectivity index (χ4v) is 7.26. The minimum Gasteiger partial charge on any atom is -1.00 e. The topological polar surface area (TPSA) is 89.5 Å². The zero-order chi connectivity index (χ0) is 35.6. The van der Waals surface area contributed by atoms with E-state index in [2.05, 4.69) is 50.5 Å². The van der Waals surface area contributed by atoms with E-state index >= 15 is 0 Å². The van der Waals surface area contributed by atoms with Crippen molar-refractivity contribution in [1.82, 2.24) is 0 Å². The van der Waals surface area contributed by atoms with Gasteiger partial charge >= 0.3 is 11.9 Å². The summed E-state index contributed by atoms with van der Waals surface area (Å²) >= 11 is 0. The largest absolute Gasteiger partial charge is 1.00 e. The molecule has 52 heavy (non-hydrogen) atoms. The molecular formula is C40H52I2N2O8. The predicted molar refractivity (Wildman–Crippen MR) is 190 cm³/mol. The predicted octanol–water partition coefficient (Wildman–Crippen LogP) is -0.915. The Balaban J connectivity index is 0.00000364. The van der Waals surface area contributed by atoms with Crippen LogP contribution in [0, 0.1) is 0 Å². The van der Waals surface area contributed by atoms with E-state index in [4.69, 9.17) is 28.4 Å². The Morgan fingerprint density at radius 2 is 1.50 bits per heavy atom. The Morgan fingerprint density at radius 3 is 2.17 bits per heavy atom. The molecule has 2 aliphatic rings. The van der Waals surface area contributed by atoms with Crippen LogP contribution in [0.15, 0.2) is 78.9 Å². The summed E-state index contributed by atoms with van der Waals surface area (Å²) in [6.45, 7) is 5.23. The zero-order valence-corrected chi connectivity index (χ0v) is 35.2. The van der Waals surface area contributed by atoms with Gasteiger partial charge in [0.15, 0.2) is 11.5 Å². The van der Waals surface area contributed by atoms with Gasteiger partial charge in [-0.25, -0.2) is 9.59 Å². The van der Waals surface area contributed by atoms with Crippen molar-refractivity contribution >= 4 is 11.9 Å². The lowest BCUT2D eigenvalue weighted by atomic mass is 9.86. The molecule has 4 unspecified atom stereocenters. The van der Waals surface area contributed by atoms with E-state index in [1.807, 2.05) is 30.3 Å². The van der Waals surface area contributed by atoms with Gasteiger partial charge < -0.3 is 85.3 Å². The summed E-state index contributed by atoms with van der Waals surface area (Å²) in [7, 11) is 9.46. The molecule has 12 heteroatoms. The molecule has 4 atom stereocenters. The average Bonchev–Trinajstić information content (AvgIpc) is 3.13. The van der Waals surface area contributed by atoms with Crippen LogP contribution in [0.25, 0.3) is 0 Å². The molecule has 0 saturated carbocycles. The number of ether oxygens (including phenoxy) is 6. The number of quaternary nitrogens is 2. The molecule has 0 bridgehead atoms. The summed E-state index contributed by atoms with van der Waals surface area (Å²) in [5, 5.41) is 0. The van der Waals surface area contributed by atoms with E-state index in [0.29, 0.717) is 18.8 Å². The molecule has 0 N–H and O–H groups in total. The minimum absolute atomic E-state index is 0. The molecule has 2 heterocycles. The molecule has 0 aliphatic carbocycles. The van der Waals surface area contributed by atoms with Crippen molar-refractivity contribution in [2.75, 3.05) is 81.4 Å². The van der Waals surface area contributed by atoms with Gasteiger partial charge in [-0.1, -0.05) is 42.5 Å². The summed E-state index contributed by atoms with van der Waals surface area (Å²) in [4.78, 5) is 24.9. The lowest BCUT2D eigenvalue weighted by Crippen LogP contribution is -3.00. The highest BCUT2D eigenvalue weighted by Gasteiger charge is 2.40. The van der Waals surface area contributed by atoms with Crippen LogP contribution in [0.3, 0.4) is 0 Å². The summed E-state index contributed by atoms with van der Waals surface area (Å²) < 4.78 is 35.1. The fourth-order valence-electron chi connectivity index (χ4n) is 7.26. The molecule has 1 fully saturated rings. The summed E-state index contributed by atoms with van der Waals surface area (Å²) in [6.07, 6.45) is 4.45. The van der Waals surface area contributed by atoms with Gasteiger partial charge in [-0.3, -0.25) is 0 Å². The van der Waals surface area contributed by atoms with Crippen LogP contribution in [-0.4, -0.2) is 108 Å². The lowest BCUT2D eigenvalue weighted by molar-refractivity contribution is -0.941. The Hall–Kier alpha value is -2.92. The second kappa shape index (κ2) is 20.5. The van der Waals surface area contributed by atoms with Crippen molar-refractivity contribution in [1.29, 1.82) is 0 Å². The van der Waals surface area contributed by atoms with Crippen molar-refractivity contribution in [3.63, 3.8) is 0 Å². The van der Waals surface area contributed by atoms with Crippen LogP contribution in [0.2, 0.25) is 0 Å². The van der Waals surface area contributed by atoms with Gasteiger partial charge in [0.05, 0.1) is 61.7 Å². The second-order valence-corrected chi connectivity index (χ2v) is 13.8. The molecule has 284 valence electrons. The third-order valence-corrected chi connectivity index (χ3v) is 10.1. The van der Waals surface area contributed by atoms with E-state index in [0.717, 1.165) is 78.2 Å². The van der Waals surface area contributed by atoms with Crippen molar-refractivity contribution in [2.45, 2.75) is 38.0 Å². The van der Waals surface area contributed by atoms with Gasteiger partial charge in [-0.05, 0) is 35.4 Å². The van der Waals surface area contributed by atoms with Crippen molar-refractivity contribution in [3.8, 4) is 17.2 Å². The van der Waals surface area contributed by atoms with Crippen LogP contribution < -0.4 is 62.2 Å². The van der Waals surface area contributed by atoms with Gasteiger partial charge in [0, 0.05) is 42.5 Å². The molecule has 0 aromatic heterocycles. The van der Waals surface area contributed by atoms with Gasteiger partial charge in [-0.15, -0.1) is 0 Å². The monoisotopic (exact) mass is 942 g/mol. The fraction of sp³-hybridized carbons (Fsp3) is 0.450. The van der Waals surface area contributed by atoms with Crippen LogP contribution in [0.5, 0.6) is 17.2 Å². The molecule has 0 amide bonds. The molecule has 0 radical (unpaired) electrons. The van der Waals surface area contributed by atoms with E-state index in [-0.39, 0.29) is 73.3 Å². The molecule has 10 nitrogen and oxygen atoms in total. The SMILES string of the molecule is COc1ccc(CC2c3cc(OC)c(OC)cc3CC[N+]2(C)CCCOC(=O)C=CC(=O)OCC2C[N+](C)(Cc3ccccc3)CCO2)cc1.[I-].[I-]. The number of morpholine rings is 1. The first kappa shape index (κ1) is 43.5. The number of rotatable bonds is 15. The third-order valence-electron chi connectivity index (χ3n) is 10.1. The summed E-state index contributed by atoms with van der Waals surface area (Å²) in [5.41, 5.74) is 4.97. The number of carbonyl (C=O) groups excluding carboxylic acids is 2. The Morgan fingerprint density at radius 1 is 0.827 bits per heavy atom. The number of esters is 2. The number of hydrogen-bond donors (Lipinski definition) is 0. The molecule has 3 aromatic carbocycles. The van der Waals surface area contributed by atoms with Crippen molar-refractivity contribution in [3.05, 3.63) is 101 Å². The van der Waals surface area contributed by atoms with Crippen molar-refractivity contribution < 1.29 is 94.9 Å². The minimum atomic E-state index is -0.591. The van der Waals surface area contributed by atoms with Crippen molar-refractivity contribution in [2.24, 2.45) is 0 Å². The zero-order valence-electron chi connectivity index (χ0n) is 30.9. The quantitative estimate of drug-likeness (QED) is 0.0638. The maximum Gasteiger partial charge on any atom is 0.331 e. The summed E-state index contributed by atoms with van der Waals surface area (Å²) in [6, 6.07) is 22.9. The smallest absolute Gasteiger partial charge is 0.331 e. The molecule has 1 saturated heterocycles. The van der Waals surface area contributed by atoms with Gasteiger partial charge in [0.25, 0.3) is 0 Å². The van der Waals surface area contributed by atoms with Crippen LogP contribution in [0.1, 0.15) is 34.7 Å². The molecule has 3 aromatic rings. The normalized spacial score (nSPS) is 22.2. The highest BCUT2D eigenvalue weighted by Crippen LogP contribution is 2.42. The van der Waals surface area contributed by atoms with Gasteiger partial charge in [0.1, 0.15) is 44.1 Å². The molecule has 0 spiro atoms. The number of methoxy groups -OCH3 is 3. The lowest BCUT2D eigenvalue weighted by Gasteiger charge is -2.46. The number of benzene rings is 3. The Kier molecular flexibility index (Phi) is 17.2. The molecular weight excluding hydrogens is 890 g/mol. The number of likely N-dealkylation sites (N-methyl/N-ethyl adjacent to an activating group) is 2. The third kappa shape index (κ3) is 11.8. The van der Waals surface area contributed by atoms with E-state index in [1.54, 1.807) is 21.3 Å². The van der Waals surface area contributed by atoms with Crippen LogP contribution in [-0.2, 0) is 43.2 Å². The van der Waals surface area contributed by atoms with Gasteiger partial charge in [0.2, 0.25) is 0 Å². The Bertz CT molecular complexity index is 1620. The Labute approximate surface area is 342 Å². The summed E-state index contributed by atoms with van der Waals surface area (Å²) in [5.74, 6) is 1.11. The highest BCUT2D eigenvalue weighted by atomic mass is 127. The van der Waals surface area contributed by atoms with E-state index < -0.39 is 11.9 Å². The maximum absolute atomic E-state index is 12.5. The van der Waals surface area contributed by atoms with Gasteiger partial charge in [-0.2, -0.15) is 0 Å². The van der Waals surface area contributed by atoms with Crippen LogP contribution in [0.4, 0.5) is 0 Å². The highest BCUT2D eigenvalue weighted by molar-refractivity contribution is 5.91. The number of nitrogens with zero attached hydrogens (tertiary/aromatic N) is 2. The maximum atomic E-state index is 12.5. The number of fused-ring (bicyclic) bond motifs is 1.